The highest BCUT2D eigenvalue weighted by atomic mass is 32.2. The van der Waals surface area contributed by atoms with Crippen molar-refractivity contribution in [3.8, 4) is 23.0 Å². The van der Waals surface area contributed by atoms with Crippen LogP contribution in [0.5, 0.6) is 5.75 Å². The smallest absolute Gasteiger partial charge is 0.222 e. The molecule has 0 atom stereocenters. The molecule has 3 aromatic rings. The molecule has 1 saturated heterocycles. The zero-order valence-corrected chi connectivity index (χ0v) is 19.4. The van der Waals surface area contributed by atoms with Crippen molar-refractivity contribution in [1.82, 2.24) is 24.6 Å². The van der Waals surface area contributed by atoms with Crippen LogP contribution in [0.25, 0.3) is 17.3 Å². The lowest BCUT2D eigenvalue weighted by Gasteiger charge is -2.34. The predicted molar refractivity (Wildman–Crippen MR) is 124 cm³/mol. The molecule has 170 valence electrons. The number of piperazine rings is 1. The summed E-state index contributed by atoms with van der Waals surface area (Å²) in [4.78, 5) is 16.9. The third-order valence-corrected chi connectivity index (χ3v) is 6.66. The number of aromatic nitrogens is 3. The first-order chi connectivity index (χ1) is 15.7. The van der Waals surface area contributed by atoms with E-state index in [1.165, 1.54) is 0 Å². The Morgan fingerprint density at radius 3 is 2.56 bits per heavy atom. The van der Waals surface area contributed by atoms with Gasteiger partial charge in [-0.05, 0) is 49.4 Å². The quantitative estimate of drug-likeness (QED) is 0.361. The number of hydrogen-bond donors (Lipinski definition) is 0. The summed E-state index contributed by atoms with van der Waals surface area (Å²) in [5, 5.41) is 9.54. The number of carbonyl (C=O) groups is 1. The van der Waals surface area contributed by atoms with Crippen LogP contribution in [-0.4, -0.2) is 76.1 Å². The van der Waals surface area contributed by atoms with E-state index in [2.05, 4.69) is 22.0 Å². The van der Waals surface area contributed by atoms with Crippen molar-refractivity contribution in [3.05, 3.63) is 42.7 Å². The van der Waals surface area contributed by atoms with Gasteiger partial charge in [-0.3, -0.25) is 9.36 Å². The first-order valence-electron chi connectivity index (χ1n) is 11.0. The van der Waals surface area contributed by atoms with Crippen molar-refractivity contribution >= 4 is 17.7 Å². The van der Waals surface area contributed by atoms with Crippen LogP contribution in [0.3, 0.4) is 0 Å². The van der Waals surface area contributed by atoms with Crippen molar-refractivity contribution in [1.29, 1.82) is 0 Å². The predicted octanol–water partition coefficient (Wildman–Crippen LogP) is 3.57. The Bertz CT molecular complexity index is 995. The number of amides is 1. The molecule has 1 amide bonds. The van der Waals surface area contributed by atoms with Gasteiger partial charge in [0.15, 0.2) is 10.9 Å². The highest BCUT2D eigenvalue weighted by molar-refractivity contribution is 7.99. The summed E-state index contributed by atoms with van der Waals surface area (Å²) >= 11 is 1.60. The van der Waals surface area contributed by atoms with Gasteiger partial charge in [0.05, 0.1) is 19.1 Å². The fourth-order valence-corrected chi connectivity index (χ4v) is 4.64. The summed E-state index contributed by atoms with van der Waals surface area (Å²) < 4.78 is 12.8. The van der Waals surface area contributed by atoms with Crippen LogP contribution in [-0.2, 0) is 4.79 Å². The van der Waals surface area contributed by atoms with Gasteiger partial charge in [0.1, 0.15) is 5.75 Å². The minimum Gasteiger partial charge on any atom is -0.497 e. The van der Waals surface area contributed by atoms with E-state index in [0.29, 0.717) is 18.0 Å². The number of likely N-dealkylation sites (N-methyl/N-ethyl adjacent to an activating group) is 1. The van der Waals surface area contributed by atoms with Crippen molar-refractivity contribution in [3.63, 3.8) is 0 Å². The Hall–Kier alpha value is -2.78. The van der Waals surface area contributed by atoms with Gasteiger partial charge in [-0.25, -0.2) is 0 Å². The minimum absolute atomic E-state index is 0.245. The topological polar surface area (TPSA) is 76.6 Å². The summed E-state index contributed by atoms with van der Waals surface area (Å²) in [6, 6.07) is 11.5. The standard InChI is InChI=1S/C23H29N5O3S/c1-3-26-12-14-27(15-13-26)21(29)7-5-17-32-23-25-24-22(20-6-4-16-31-20)28(23)18-8-10-19(30-2)11-9-18/h4,6,8-11,16H,3,5,7,12-15,17H2,1-2H3. The third-order valence-electron chi connectivity index (χ3n) is 5.64. The monoisotopic (exact) mass is 455 g/mol. The lowest BCUT2D eigenvalue weighted by molar-refractivity contribution is -0.132. The molecular weight excluding hydrogens is 426 g/mol. The molecule has 0 N–H and O–H groups in total. The number of ether oxygens (including phenoxy) is 1. The largest absolute Gasteiger partial charge is 0.497 e. The fraction of sp³-hybridized carbons (Fsp3) is 0.435. The van der Waals surface area contributed by atoms with Gasteiger partial charge < -0.3 is 19.0 Å². The molecule has 0 unspecified atom stereocenters. The number of furan rings is 1. The normalized spacial score (nSPS) is 14.6. The number of hydrogen-bond acceptors (Lipinski definition) is 7. The number of benzene rings is 1. The average Bonchev–Trinajstić information content (AvgIpc) is 3.52. The Kier molecular flexibility index (Phi) is 7.49. The Balaban J connectivity index is 1.39. The lowest BCUT2D eigenvalue weighted by Crippen LogP contribution is -2.48. The molecular formula is C23H29N5O3S. The van der Waals surface area contributed by atoms with Crippen LogP contribution in [0, 0.1) is 0 Å². The van der Waals surface area contributed by atoms with Crippen LogP contribution >= 0.6 is 11.8 Å². The van der Waals surface area contributed by atoms with Gasteiger partial charge >= 0.3 is 0 Å². The van der Waals surface area contributed by atoms with Crippen molar-refractivity contribution in [2.75, 3.05) is 45.6 Å². The minimum atomic E-state index is 0.245. The zero-order valence-electron chi connectivity index (χ0n) is 18.6. The van der Waals surface area contributed by atoms with Gasteiger partial charge in [-0.15, -0.1) is 10.2 Å². The molecule has 0 bridgehead atoms. The number of rotatable bonds is 9. The second-order valence-corrected chi connectivity index (χ2v) is 8.65. The van der Waals surface area contributed by atoms with E-state index in [0.717, 1.165) is 61.5 Å². The number of carbonyl (C=O) groups excluding carboxylic acids is 1. The van der Waals surface area contributed by atoms with E-state index in [9.17, 15) is 4.79 Å². The summed E-state index contributed by atoms with van der Waals surface area (Å²) in [5.74, 6) is 3.12. The second-order valence-electron chi connectivity index (χ2n) is 7.58. The highest BCUT2D eigenvalue weighted by Gasteiger charge is 2.21. The van der Waals surface area contributed by atoms with E-state index < -0.39 is 0 Å². The molecule has 9 heteroatoms. The van der Waals surface area contributed by atoms with Crippen LogP contribution in [0.2, 0.25) is 0 Å². The molecule has 1 aliphatic rings. The summed E-state index contributed by atoms with van der Waals surface area (Å²) in [6.07, 6.45) is 2.98. The Labute approximate surface area is 192 Å². The first kappa shape index (κ1) is 22.4. The van der Waals surface area contributed by atoms with E-state index in [-0.39, 0.29) is 5.91 Å². The van der Waals surface area contributed by atoms with Gasteiger partial charge in [0.2, 0.25) is 11.7 Å². The SMILES string of the molecule is CCN1CCN(C(=O)CCCSc2nnc(-c3ccco3)n2-c2ccc(OC)cc2)CC1. The lowest BCUT2D eigenvalue weighted by atomic mass is 10.2. The molecule has 3 heterocycles. The van der Waals surface area contributed by atoms with Crippen molar-refractivity contribution in [2.24, 2.45) is 0 Å². The number of thioether (sulfide) groups is 1. The number of methoxy groups -OCH3 is 1. The van der Waals surface area contributed by atoms with Crippen LogP contribution < -0.4 is 4.74 Å². The molecule has 8 nitrogen and oxygen atoms in total. The van der Waals surface area contributed by atoms with Crippen LogP contribution in [0.15, 0.2) is 52.2 Å². The highest BCUT2D eigenvalue weighted by Crippen LogP contribution is 2.29. The molecule has 4 rings (SSSR count). The van der Waals surface area contributed by atoms with Gasteiger partial charge in [0, 0.05) is 38.4 Å². The molecule has 0 saturated carbocycles. The molecule has 2 aromatic heterocycles. The van der Waals surface area contributed by atoms with Crippen LogP contribution in [0.1, 0.15) is 19.8 Å². The molecule has 0 aliphatic carbocycles. The molecule has 32 heavy (non-hydrogen) atoms. The van der Waals surface area contributed by atoms with E-state index >= 15 is 0 Å². The van der Waals surface area contributed by atoms with Crippen LogP contribution in [0.4, 0.5) is 0 Å². The second kappa shape index (κ2) is 10.7. The van der Waals surface area contributed by atoms with Crippen molar-refractivity contribution < 1.29 is 13.9 Å². The third kappa shape index (κ3) is 5.16. The summed E-state index contributed by atoms with van der Waals surface area (Å²) in [7, 11) is 1.65. The van der Waals surface area contributed by atoms with Crippen molar-refractivity contribution in [2.45, 2.75) is 24.9 Å². The molecule has 1 aliphatic heterocycles. The maximum absolute atomic E-state index is 12.6. The zero-order chi connectivity index (χ0) is 22.3. The Morgan fingerprint density at radius 1 is 1.12 bits per heavy atom. The molecule has 0 radical (unpaired) electrons. The average molecular weight is 456 g/mol. The van der Waals surface area contributed by atoms with E-state index in [4.69, 9.17) is 9.15 Å². The maximum atomic E-state index is 12.6. The molecule has 1 fully saturated rings. The Morgan fingerprint density at radius 2 is 1.91 bits per heavy atom. The summed E-state index contributed by atoms with van der Waals surface area (Å²) in [6.45, 7) is 6.81. The molecule has 0 spiro atoms. The molecule has 1 aromatic carbocycles. The number of nitrogens with zero attached hydrogens (tertiary/aromatic N) is 5. The van der Waals surface area contributed by atoms with E-state index in [1.54, 1.807) is 25.1 Å². The summed E-state index contributed by atoms with van der Waals surface area (Å²) in [5.41, 5.74) is 0.926. The van der Waals surface area contributed by atoms with Gasteiger partial charge in [0.25, 0.3) is 0 Å². The van der Waals surface area contributed by atoms with Gasteiger partial charge in [-0.2, -0.15) is 0 Å². The fourth-order valence-electron chi connectivity index (χ4n) is 3.75. The maximum Gasteiger partial charge on any atom is 0.222 e. The first-order valence-corrected chi connectivity index (χ1v) is 11.9. The van der Waals surface area contributed by atoms with E-state index in [1.807, 2.05) is 45.9 Å². The van der Waals surface area contributed by atoms with Gasteiger partial charge in [-0.1, -0.05) is 18.7 Å².